The van der Waals surface area contributed by atoms with Gasteiger partial charge in [0.1, 0.15) is 11.5 Å². The van der Waals surface area contributed by atoms with Crippen molar-refractivity contribution in [1.29, 1.82) is 0 Å². The number of hydrogen-bond donors (Lipinski definition) is 0. The molecule has 0 bridgehead atoms. The Morgan fingerprint density at radius 3 is 2.14 bits per heavy atom. The summed E-state index contributed by atoms with van der Waals surface area (Å²) in [7, 11) is 9.91. The summed E-state index contributed by atoms with van der Waals surface area (Å²) in [5.41, 5.74) is 1.79. The van der Waals surface area contributed by atoms with Crippen molar-refractivity contribution in [3.05, 3.63) is 46.5 Å². The van der Waals surface area contributed by atoms with Gasteiger partial charge in [-0.1, -0.05) is 11.6 Å². The number of carbonyl (C=O) groups is 1. The molecule has 0 saturated carbocycles. The molecule has 0 saturated heterocycles. The Morgan fingerprint density at radius 2 is 1.61 bits per heavy atom. The molecule has 0 aliphatic carbocycles. The molecular formula is C21H24ClNO5. The van der Waals surface area contributed by atoms with E-state index in [1.54, 1.807) is 44.6 Å². The van der Waals surface area contributed by atoms with Gasteiger partial charge in [0, 0.05) is 31.3 Å². The number of nitrogens with zero attached hydrogens (tertiary/aromatic N) is 1. The van der Waals surface area contributed by atoms with Crippen LogP contribution < -0.4 is 23.8 Å². The zero-order chi connectivity index (χ0) is 20.8. The molecule has 0 radical (unpaired) electrons. The van der Waals surface area contributed by atoms with Crippen LogP contribution in [0.25, 0.3) is 6.08 Å². The predicted molar refractivity (Wildman–Crippen MR) is 112 cm³/mol. The summed E-state index contributed by atoms with van der Waals surface area (Å²) in [5, 5.41) is 0.0310. The van der Waals surface area contributed by atoms with Crippen LogP contribution in [0.4, 0.5) is 5.69 Å². The van der Waals surface area contributed by atoms with Crippen LogP contribution in [-0.4, -0.2) is 48.3 Å². The van der Waals surface area contributed by atoms with Crippen molar-refractivity contribution in [1.82, 2.24) is 0 Å². The van der Waals surface area contributed by atoms with Crippen molar-refractivity contribution < 1.29 is 23.7 Å². The second-order valence-electron chi connectivity index (χ2n) is 6.05. The number of rotatable bonds is 8. The third kappa shape index (κ3) is 4.51. The van der Waals surface area contributed by atoms with Gasteiger partial charge in [-0.3, -0.25) is 4.79 Å². The Hall–Kier alpha value is -2.86. The lowest BCUT2D eigenvalue weighted by Gasteiger charge is -2.17. The van der Waals surface area contributed by atoms with Gasteiger partial charge < -0.3 is 23.8 Å². The summed E-state index contributed by atoms with van der Waals surface area (Å²) in [6.07, 6.45) is 1.54. The highest BCUT2D eigenvalue weighted by atomic mass is 35.5. The predicted octanol–water partition coefficient (Wildman–Crippen LogP) is 4.25. The number of allylic oxidation sites excluding steroid dienone is 1. The minimum absolute atomic E-state index is 0.0310. The average molecular weight is 406 g/mol. The zero-order valence-electron chi connectivity index (χ0n) is 16.8. The van der Waals surface area contributed by atoms with Crippen LogP contribution in [0, 0.1) is 0 Å². The van der Waals surface area contributed by atoms with E-state index in [0.717, 1.165) is 5.69 Å². The highest BCUT2D eigenvalue weighted by Gasteiger charge is 2.17. The van der Waals surface area contributed by atoms with Crippen LogP contribution in [0.2, 0.25) is 0 Å². The lowest BCUT2D eigenvalue weighted by atomic mass is 10.1. The molecule has 0 spiro atoms. The fourth-order valence-electron chi connectivity index (χ4n) is 2.71. The number of ether oxygens (including phenoxy) is 4. The molecule has 0 aliphatic rings. The number of Topliss-reactive ketones (excluding diaryl/α,β-unsaturated/α-hetero) is 1. The highest BCUT2D eigenvalue weighted by molar-refractivity contribution is 6.47. The number of methoxy groups -OCH3 is 4. The van der Waals surface area contributed by atoms with Crippen LogP contribution in [0.5, 0.6) is 23.0 Å². The molecule has 2 rings (SSSR count). The Morgan fingerprint density at radius 1 is 0.929 bits per heavy atom. The number of ketones is 1. The second kappa shape index (κ2) is 9.37. The monoisotopic (exact) mass is 405 g/mol. The number of halogens is 1. The third-order valence-electron chi connectivity index (χ3n) is 4.14. The Balaban J connectivity index is 2.48. The number of carbonyl (C=O) groups excluding carboxylic acids is 1. The van der Waals surface area contributed by atoms with E-state index in [4.69, 9.17) is 30.5 Å². The van der Waals surface area contributed by atoms with Crippen molar-refractivity contribution in [2.45, 2.75) is 0 Å². The van der Waals surface area contributed by atoms with Gasteiger partial charge in [0.25, 0.3) is 0 Å². The van der Waals surface area contributed by atoms with Crippen LogP contribution in [0.1, 0.15) is 15.9 Å². The maximum Gasteiger partial charge on any atom is 0.204 e. The van der Waals surface area contributed by atoms with E-state index in [1.165, 1.54) is 20.3 Å². The minimum atomic E-state index is -0.323. The average Bonchev–Trinajstić information content (AvgIpc) is 2.71. The molecule has 0 unspecified atom stereocenters. The minimum Gasteiger partial charge on any atom is -0.497 e. The zero-order valence-corrected chi connectivity index (χ0v) is 17.6. The molecule has 28 heavy (non-hydrogen) atoms. The first kappa shape index (κ1) is 21.4. The third-order valence-corrected chi connectivity index (χ3v) is 4.42. The van der Waals surface area contributed by atoms with E-state index < -0.39 is 0 Å². The quantitative estimate of drug-likeness (QED) is 0.483. The topological polar surface area (TPSA) is 57.2 Å². The summed E-state index contributed by atoms with van der Waals surface area (Å²) >= 11 is 6.36. The molecule has 0 fully saturated rings. The molecule has 0 amide bonds. The first-order chi connectivity index (χ1) is 13.4. The smallest absolute Gasteiger partial charge is 0.204 e. The normalized spacial score (nSPS) is 11.0. The van der Waals surface area contributed by atoms with E-state index in [1.807, 2.05) is 19.0 Å². The van der Waals surface area contributed by atoms with Gasteiger partial charge in [-0.2, -0.15) is 0 Å². The summed E-state index contributed by atoms with van der Waals surface area (Å²) in [6.45, 7) is 0. The van der Waals surface area contributed by atoms with Gasteiger partial charge in [-0.15, -0.1) is 0 Å². The standard InChI is InChI=1S/C21H24ClNO5/c1-23(2)17-11-13(7-8-18(17)26-4)20(24)16(22)10-14-9-15(25-3)12-19(27-5)21(14)28-6/h7-12H,1-6H3/b16-10+. The van der Waals surface area contributed by atoms with Crippen LogP contribution in [0.3, 0.4) is 0 Å². The number of hydrogen-bond acceptors (Lipinski definition) is 6. The summed E-state index contributed by atoms with van der Waals surface area (Å²) in [6, 6.07) is 8.56. The SMILES string of the molecule is COc1cc(/C=C(/Cl)C(=O)c2ccc(OC)c(N(C)C)c2)c(OC)c(OC)c1. The van der Waals surface area contributed by atoms with Crippen molar-refractivity contribution in [2.75, 3.05) is 47.4 Å². The van der Waals surface area contributed by atoms with Crippen LogP contribution in [0.15, 0.2) is 35.4 Å². The summed E-state index contributed by atoms with van der Waals surface area (Å²) in [5.74, 6) is 1.83. The van der Waals surface area contributed by atoms with Gasteiger partial charge in [-0.25, -0.2) is 0 Å². The number of anilines is 1. The molecule has 6 nitrogen and oxygen atoms in total. The number of benzene rings is 2. The van der Waals surface area contributed by atoms with E-state index in [2.05, 4.69) is 0 Å². The van der Waals surface area contributed by atoms with Gasteiger partial charge in [-0.05, 0) is 30.3 Å². The molecule has 0 atom stereocenters. The van der Waals surface area contributed by atoms with Crippen LogP contribution in [-0.2, 0) is 0 Å². The Kier molecular flexibility index (Phi) is 7.18. The molecule has 0 heterocycles. The Bertz CT molecular complexity index is 893. The van der Waals surface area contributed by atoms with Gasteiger partial charge in [0.05, 0.1) is 39.2 Å². The fraction of sp³-hybridized carbons (Fsp3) is 0.286. The van der Waals surface area contributed by atoms with Crippen molar-refractivity contribution in [3.63, 3.8) is 0 Å². The van der Waals surface area contributed by atoms with Crippen molar-refractivity contribution in [2.24, 2.45) is 0 Å². The maximum atomic E-state index is 12.9. The van der Waals surface area contributed by atoms with Gasteiger partial charge in [0.2, 0.25) is 5.78 Å². The molecule has 2 aromatic carbocycles. The van der Waals surface area contributed by atoms with E-state index in [-0.39, 0.29) is 10.8 Å². The molecule has 7 heteroatoms. The Labute approximate surface area is 170 Å². The second-order valence-corrected chi connectivity index (χ2v) is 6.46. The van der Waals surface area contributed by atoms with Crippen molar-refractivity contribution >= 4 is 29.1 Å². The first-order valence-electron chi connectivity index (χ1n) is 8.43. The van der Waals surface area contributed by atoms with Crippen molar-refractivity contribution in [3.8, 4) is 23.0 Å². The molecule has 0 aliphatic heterocycles. The maximum absolute atomic E-state index is 12.9. The van der Waals surface area contributed by atoms with E-state index in [0.29, 0.717) is 34.1 Å². The highest BCUT2D eigenvalue weighted by Crippen LogP contribution is 2.37. The first-order valence-corrected chi connectivity index (χ1v) is 8.81. The summed E-state index contributed by atoms with van der Waals surface area (Å²) < 4.78 is 21.4. The molecular weight excluding hydrogens is 382 g/mol. The fourth-order valence-corrected chi connectivity index (χ4v) is 2.94. The lowest BCUT2D eigenvalue weighted by Crippen LogP contribution is -2.11. The molecule has 0 N–H and O–H groups in total. The van der Waals surface area contributed by atoms with Gasteiger partial charge in [0.15, 0.2) is 11.5 Å². The largest absolute Gasteiger partial charge is 0.497 e. The lowest BCUT2D eigenvalue weighted by molar-refractivity contribution is 0.104. The summed E-state index contributed by atoms with van der Waals surface area (Å²) in [4.78, 5) is 14.7. The molecule has 150 valence electrons. The molecule has 0 aromatic heterocycles. The molecule has 2 aromatic rings. The van der Waals surface area contributed by atoms with Gasteiger partial charge >= 0.3 is 0 Å². The van der Waals surface area contributed by atoms with Crippen LogP contribution >= 0.6 is 11.6 Å². The van der Waals surface area contributed by atoms with E-state index in [9.17, 15) is 4.79 Å². The van der Waals surface area contributed by atoms with E-state index >= 15 is 0 Å².